The van der Waals surface area contributed by atoms with Crippen molar-refractivity contribution in [3.63, 3.8) is 0 Å². The second kappa shape index (κ2) is 7.11. The van der Waals surface area contributed by atoms with Crippen LogP contribution >= 0.6 is 0 Å². The first kappa shape index (κ1) is 14.6. The molecule has 0 aromatic carbocycles. The predicted octanol–water partition coefficient (Wildman–Crippen LogP) is 2.30. The van der Waals surface area contributed by atoms with E-state index in [4.69, 9.17) is 0 Å². The Morgan fingerprint density at radius 2 is 2.17 bits per heavy atom. The molecule has 1 N–H and O–H groups in total. The van der Waals surface area contributed by atoms with Crippen LogP contribution in [0.25, 0.3) is 0 Å². The maximum absolute atomic E-state index is 4.57. The molecule has 0 fully saturated rings. The van der Waals surface area contributed by atoms with Gasteiger partial charge in [-0.25, -0.2) is 9.97 Å². The van der Waals surface area contributed by atoms with Crippen LogP contribution in [-0.4, -0.2) is 30.1 Å². The zero-order valence-corrected chi connectivity index (χ0v) is 12.0. The Morgan fingerprint density at radius 3 is 2.78 bits per heavy atom. The van der Waals surface area contributed by atoms with Crippen molar-refractivity contribution >= 4 is 5.95 Å². The van der Waals surface area contributed by atoms with Crippen molar-refractivity contribution in [1.29, 1.82) is 0 Å². The van der Waals surface area contributed by atoms with Gasteiger partial charge in [-0.3, -0.25) is 0 Å². The van der Waals surface area contributed by atoms with Gasteiger partial charge in [-0.2, -0.15) is 0 Å². The molecule has 1 aromatic heterocycles. The molecule has 0 aliphatic heterocycles. The molecule has 4 heteroatoms. The lowest BCUT2D eigenvalue weighted by Gasteiger charge is -2.18. The first-order chi connectivity index (χ1) is 8.52. The van der Waals surface area contributed by atoms with Gasteiger partial charge >= 0.3 is 0 Å². The van der Waals surface area contributed by atoms with E-state index in [9.17, 15) is 0 Å². The van der Waals surface area contributed by atoms with Gasteiger partial charge in [0.2, 0.25) is 5.95 Å². The third-order valence-electron chi connectivity index (χ3n) is 2.48. The first-order valence-corrected chi connectivity index (χ1v) is 6.43. The normalized spacial score (nSPS) is 10.4. The van der Waals surface area contributed by atoms with Crippen molar-refractivity contribution in [2.45, 2.75) is 33.7 Å². The first-order valence-electron chi connectivity index (χ1n) is 6.43. The van der Waals surface area contributed by atoms with E-state index in [1.807, 2.05) is 31.9 Å². The van der Waals surface area contributed by atoms with Crippen LogP contribution in [0.1, 0.15) is 31.7 Å². The van der Waals surface area contributed by atoms with E-state index < -0.39 is 0 Å². The lowest BCUT2D eigenvalue weighted by atomic mass is 10.3. The summed E-state index contributed by atoms with van der Waals surface area (Å²) in [4.78, 5) is 11.1. The maximum Gasteiger partial charge on any atom is 0.225 e. The third kappa shape index (κ3) is 4.84. The zero-order valence-electron chi connectivity index (χ0n) is 12.0. The summed E-state index contributed by atoms with van der Waals surface area (Å²) >= 11 is 0. The molecule has 0 spiro atoms. The molecule has 1 aromatic rings. The predicted molar refractivity (Wildman–Crippen MR) is 76.9 cm³/mol. The highest BCUT2D eigenvalue weighted by Gasteiger charge is 2.07. The van der Waals surface area contributed by atoms with Crippen molar-refractivity contribution in [2.24, 2.45) is 0 Å². The summed E-state index contributed by atoms with van der Waals surface area (Å²) in [6, 6.07) is 2.03. The van der Waals surface area contributed by atoms with Crippen LogP contribution in [0.5, 0.6) is 0 Å². The highest BCUT2D eigenvalue weighted by molar-refractivity contribution is 5.33. The van der Waals surface area contributed by atoms with Crippen molar-refractivity contribution in [1.82, 2.24) is 15.3 Å². The van der Waals surface area contributed by atoms with Gasteiger partial charge in [0, 0.05) is 25.8 Å². The van der Waals surface area contributed by atoms with E-state index in [-0.39, 0.29) is 0 Å². The van der Waals surface area contributed by atoms with Crippen LogP contribution in [0.15, 0.2) is 18.2 Å². The number of anilines is 1. The van der Waals surface area contributed by atoms with Gasteiger partial charge < -0.3 is 10.2 Å². The smallest absolute Gasteiger partial charge is 0.225 e. The minimum Gasteiger partial charge on any atom is -0.340 e. The standard InChI is InChI=1S/C14H24N4/c1-6-7-15-9-13-8-12(4)16-14(17-13)18(5)10-11(2)3/h8,15H,2,6-7,9-10H2,1,3-5H3. The Morgan fingerprint density at radius 1 is 1.44 bits per heavy atom. The molecule has 0 unspecified atom stereocenters. The second-order valence-electron chi connectivity index (χ2n) is 4.79. The van der Waals surface area contributed by atoms with Gasteiger partial charge in [-0.1, -0.05) is 19.1 Å². The summed E-state index contributed by atoms with van der Waals surface area (Å²) in [5.74, 6) is 0.770. The average molecular weight is 248 g/mol. The molecule has 1 rings (SSSR count). The third-order valence-corrected chi connectivity index (χ3v) is 2.48. The van der Waals surface area contributed by atoms with E-state index >= 15 is 0 Å². The minimum absolute atomic E-state index is 0.770. The van der Waals surface area contributed by atoms with Crippen LogP contribution in [0.4, 0.5) is 5.95 Å². The highest BCUT2D eigenvalue weighted by Crippen LogP contribution is 2.10. The van der Waals surface area contributed by atoms with Crippen LogP contribution in [0.2, 0.25) is 0 Å². The van der Waals surface area contributed by atoms with E-state index in [1.54, 1.807) is 0 Å². The van der Waals surface area contributed by atoms with Gasteiger partial charge in [0.25, 0.3) is 0 Å². The number of nitrogens with zero attached hydrogens (tertiary/aromatic N) is 3. The molecule has 0 amide bonds. The van der Waals surface area contributed by atoms with Gasteiger partial charge in [0.15, 0.2) is 0 Å². The summed E-state index contributed by atoms with van der Waals surface area (Å²) in [6.45, 7) is 12.7. The van der Waals surface area contributed by atoms with Gasteiger partial charge in [0.1, 0.15) is 0 Å². The van der Waals surface area contributed by atoms with E-state index in [1.165, 1.54) is 0 Å². The van der Waals surface area contributed by atoms with E-state index in [0.29, 0.717) is 0 Å². The zero-order chi connectivity index (χ0) is 13.5. The number of hydrogen-bond donors (Lipinski definition) is 1. The number of hydrogen-bond acceptors (Lipinski definition) is 4. The summed E-state index contributed by atoms with van der Waals surface area (Å²) in [7, 11) is 1.99. The molecule has 4 nitrogen and oxygen atoms in total. The van der Waals surface area contributed by atoms with Gasteiger partial charge in [-0.05, 0) is 32.9 Å². The van der Waals surface area contributed by atoms with E-state index in [0.717, 1.165) is 49.0 Å². The molecular formula is C14H24N4. The number of likely N-dealkylation sites (N-methyl/N-ethyl adjacent to an activating group) is 1. The van der Waals surface area contributed by atoms with Crippen molar-refractivity contribution < 1.29 is 0 Å². The van der Waals surface area contributed by atoms with Gasteiger partial charge in [-0.15, -0.1) is 0 Å². The number of aromatic nitrogens is 2. The van der Waals surface area contributed by atoms with Crippen molar-refractivity contribution in [2.75, 3.05) is 25.0 Å². The fourth-order valence-electron chi connectivity index (χ4n) is 1.75. The molecule has 0 bridgehead atoms. The Hall–Kier alpha value is -1.42. The Labute approximate surface area is 110 Å². The topological polar surface area (TPSA) is 41.1 Å². The van der Waals surface area contributed by atoms with Crippen LogP contribution < -0.4 is 10.2 Å². The fraction of sp³-hybridized carbons (Fsp3) is 0.571. The molecule has 0 aliphatic carbocycles. The van der Waals surface area contributed by atoms with Crippen molar-refractivity contribution in [3.05, 3.63) is 29.6 Å². The van der Waals surface area contributed by atoms with Crippen LogP contribution in [0.3, 0.4) is 0 Å². The Balaban J connectivity index is 2.76. The van der Waals surface area contributed by atoms with Crippen molar-refractivity contribution in [3.8, 4) is 0 Å². The van der Waals surface area contributed by atoms with Crippen LogP contribution in [0, 0.1) is 6.92 Å². The highest BCUT2D eigenvalue weighted by atomic mass is 15.2. The second-order valence-corrected chi connectivity index (χ2v) is 4.79. The van der Waals surface area contributed by atoms with Crippen LogP contribution in [-0.2, 0) is 6.54 Å². The molecule has 0 saturated carbocycles. The summed E-state index contributed by atoms with van der Waals surface area (Å²) in [6.07, 6.45) is 1.13. The molecule has 0 radical (unpaired) electrons. The molecular weight excluding hydrogens is 224 g/mol. The van der Waals surface area contributed by atoms with Gasteiger partial charge in [0.05, 0.1) is 5.69 Å². The largest absolute Gasteiger partial charge is 0.340 e. The summed E-state index contributed by atoms with van der Waals surface area (Å²) in [5.41, 5.74) is 3.15. The molecule has 0 saturated heterocycles. The number of rotatable bonds is 7. The molecule has 100 valence electrons. The summed E-state index contributed by atoms with van der Waals surface area (Å²) in [5, 5.41) is 3.36. The lowest BCUT2D eigenvalue weighted by Crippen LogP contribution is -2.23. The molecule has 18 heavy (non-hydrogen) atoms. The lowest BCUT2D eigenvalue weighted by molar-refractivity contribution is 0.661. The Kier molecular flexibility index (Phi) is 5.78. The minimum atomic E-state index is 0.770. The number of nitrogens with one attached hydrogen (secondary N) is 1. The quantitative estimate of drug-likeness (QED) is 0.594. The monoisotopic (exact) mass is 248 g/mol. The molecule has 0 aliphatic rings. The maximum atomic E-state index is 4.57. The fourth-order valence-corrected chi connectivity index (χ4v) is 1.75. The Bertz CT molecular complexity index is 401. The summed E-state index contributed by atoms with van der Waals surface area (Å²) < 4.78 is 0. The molecule has 0 atom stereocenters. The SMILES string of the molecule is C=C(C)CN(C)c1nc(C)cc(CNCCC)n1. The van der Waals surface area contributed by atoms with E-state index in [2.05, 4.69) is 28.8 Å². The number of aryl methyl sites for hydroxylation is 1. The molecule has 1 heterocycles. The average Bonchev–Trinajstić information content (AvgIpc) is 2.27.